The zero-order valence-electron chi connectivity index (χ0n) is 7.36. The van der Waals surface area contributed by atoms with Crippen LogP contribution in [-0.4, -0.2) is 23.2 Å². The minimum absolute atomic E-state index is 0.0768. The molecule has 0 bridgehead atoms. The van der Waals surface area contributed by atoms with E-state index >= 15 is 0 Å². The summed E-state index contributed by atoms with van der Waals surface area (Å²) in [5, 5.41) is 8.47. The summed E-state index contributed by atoms with van der Waals surface area (Å²) in [7, 11) is 1.54. The smallest absolute Gasteiger partial charge is 0.303 e. The van der Waals surface area contributed by atoms with Crippen molar-refractivity contribution < 1.29 is 14.6 Å². The number of hydrogen-bond donors (Lipinski definition) is 1. The van der Waals surface area contributed by atoms with Crippen LogP contribution in [0.25, 0.3) is 0 Å². The Morgan fingerprint density at radius 1 is 1.69 bits per heavy atom. The van der Waals surface area contributed by atoms with Crippen LogP contribution in [0.5, 0.6) is 5.75 Å². The van der Waals surface area contributed by atoms with Crippen molar-refractivity contribution in [2.45, 2.75) is 12.8 Å². The third-order valence-electron chi connectivity index (χ3n) is 1.64. The predicted octanol–water partition coefficient (Wildman–Crippen LogP) is 1.11. The van der Waals surface area contributed by atoms with E-state index in [0.717, 1.165) is 0 Å². The molecule has 4 heteroatoms. The number of carbonyl (C=O) groups is 1. The van der Waals surface area contributed by atoms with Gasteiger partial charge < -0.3 is 9.84 Å². The number of rotatable bonds is 4. The molecule has 0 amide bonds. The van der Waals surface area contributed by atoms with Crippen LogP contribution in [0.3, 0.4) is 0 Å². The summed E-state index contributed by atoms with van der Waals surface area (Å²) >= 11 is 0. The van der Waals surface area contributed by atoms with Crippen LogP contribution in [0.15, 0.2) is 18.3 Å². The first kappa shape index (κ1) is 9.51. The molecular formula is C9H11NO3. The zero-order valence-corrected chi connectivity index (χ0v) is 7.36. The number of hydrogen-bond acceptors (Lipinski definition) is 3. The van der Waals surface area contributed by atoms with Gasteiger partial charge in [0.2, 0.25) is 0 Å². The van der Waals surface area contributed by atoms with Crippen molar-refractivity contribution in [3.63, 3.8) is 0 Å². The number of pyridine rings is 1. The lowest BCUT2D eigenvalue weighted by Crippen LogP contribution is -2.01. The van der Waals surface area contributed by atoms with Gasteiger partial charge in [0.1, 0.15) is 5.75 Å². The lowest BCUT2D eigenvalue weighted by atomic mass is 10.2. The fraction of sp³-hybridized carbons (Fsp3) is 0.333. The van der Waals surface area contributed by atoms with E-state index in [2.05, 4.69) is 4.98 Å². The number of ether oxygens (including phenoxy) is 1. The van der Waals surface area contributed by atoms with Crippen LogP contribution in [0.1, 0.15) is 12.1 Å². The Morgan fingerprint density at radius 2 is 2.46 bits per heavy atom. The lowest BCUT2D eigenvalue weighted by molar-refractivity contribution is -0.136. The largest absolute Gasteiger partial charge is 0.495 e. The number of aliphatic carboxylic acids is 1. The molecule has 0 unspecified atom stereocenters. The molecule has 0 saturated heterocycles. The van der Waals surface area contributed by atoms with Crippen molar-refractivity contribution in [3.8, 4) is 5.75 Å². The number of aryl methyl sites for hydroxylation is 1. The monoisotopic (exact) mass is 181 g/mol. The molecule has 0 aliphatic carbocycles. The third-order valence-corrected chi connectivity index (χ3v) is 1.64. The van der Waals surface area contributed by atoms with Crippen molar-refractivity contribution >= 4 is 5.97 Å². The zero-order chi connectivity index (χ0) is 9.68. The van der Waals surface area contributed by atoms with Crippen LogP contribution in [0.4, 0.5) is 0 Å². The van der Waals surface area contributed by atoms with Crippen molar-refractivity contribution in [2.24, 2.45) is 0 Å². The van der Waals surface area contributed by atoms with Gasteiger partial charge in [-0.1, -0.05) is 0 Å². The first-order valence-electron chi connectivity index (χ1n) is 3.93. The second-order valence-electron chi connectivity index (χ2n) is 2.55. The number of carboxylic acids is 1. The average molecular weight is 181 g/mol. The SMILES string of the molecule is COc1cccnc1CCC(=O)O. The summed E-state index contributed by atoms with van der Waals surface area (Å²) in [6.07, 6.45) is 2.10. The van der Waals surface area contributed by atoms with Crippen LogP contribution in [-0.2, 0) is 11.2 Å². The molecule has 0 spiro atoms. The summed E-state index contributed by atoms with van der Waals surface area (Å²) < 4.78 is 5.02. The molecule has 4 nitrogen and oxygen atoms in total. The van der Waals surface area contributed by atoms with E-state index in [9.17, 15) is 4.79 Å². The summed E-state index contributed by atoms with van der Waals surface area (Å²) in [6, 6.07) is 3.52. The highest BCUT2D eigenvalue weighted by Crippen LogP contribution is 2.15. The van der Waals surface area contributed by atoms with E-state index in [4.69, 9.17) is 9.84 Å². The molecule has 0 aliphatic heterocycles. The van der Waals surface area contributed by atoms with Crippen molar-refractivity contribution in [1.29, 1.82) is 0 Å². The third kappa shape index (κ3) is 2.74. The van der Waals surface area contributed by atoms with Gasteiger partial charge in [0.15, 0.2) is 0 Å². The van der Waals surface area contributed by atoms with Crippen molar-refractivity contribution in [3.05, 3.63) is 24.0 Å². The van der Waals surface area contributed by atoms with E-state index in [1.165, 1.54) is 0 Å². The quantitative estimate of drug-likeness (QED) is 0.755. The molecule has 0 aromatic carbocycles. The minimum Gasteiger partial charge on any atom is -0.495 e. The standard InChI is InChI=1S/C9H11NO3/c1-13-8-3-2-6-10-7(8)4-5-9(11)12/h2-3,6H,4-5H2,1H3,(H,11,12). The fourth-order valence-corrected chi connectivity index (χ4v) is 1.02. The number of aromatic nitrogens is 1. The number of nitrogens with zero attached hydrogens (tertiary/aromatic N) is 1. The maximum Gasteiger partial charge on any atom is 0.303 e. The summed E-state index contributed by atoms with van der Waals surface area (Å²) in [5.74, 6) is -0.184. The summed E-state index contributed by atoms with van der Waals surface area (Å²) in [6.45, 7) is 0. The van der Waals surface area contributed by atoms with Gasteiger partial charge in [0.25, 0.3) is 0 Å². The van der Waals surface area contributed by atoms with Crippen LogP contribution in [0.2, 0.25) is 0 Å². The Morgan fingerprint density at radius 3 is 3.08 bits per heavy atom. The highest BCUT2D eigenvalue weighted by molar-refractivity contribution is 5.67. The molecule has 0 saturated carbocycles. The first-order chi connectivity index (χ1) is 6.24. The van der Waals surface area contributed by atoms with Crippen LogP contribution < -0.4 is 4.74 Å². The normalized spacial score (nSPS) is 9.62. The van der Waals surface area contributed by atoms with Gasteiger partial charge in [0, 0.05) is 12.6 Å². The second-order valence-corrected chi connectivity index (χ2v) is 2.55. The first-order valence-corrected chi connectivity index (χ1v) is 3.93. The fourth-order valence-electron chi connectivity index (χ4n) is 1.02. The van der Waals surface area contributed by atoms with E-state index in [1.807, 2.05) is 0 Å². The van der Waals surface area contributed by atoms with Gasteiger partial charge in [0.05, 0.1) is 19.2 Å². The molecule has 0 aliphatic rings. The maximum absolute atomic E-state index is 10.3. The Hall–Kier alpha value is -1.58. The van der Waals surface area contributed by atoms with Gasteiger partial charge in [-0.2, -0.15) is 0 Å². The van der Waals surface area contributed by atoms with Crippen molar-refractivity contribution in [2.75, 3.05) is 7.11 Å². The minimum atomic E-state index is -0.826. The molecule has 0 atom stereocenters. The van der Waals surface area contributed by atoms with Crippen LogP contribution in [0, 0.1) is 0 Å². The highest BCUT2D eigenvalue weighted by atomic mass is 16.5. The highest BCUT2D eigenvalue weighted by Gasteiger charge is 2.05. The van der Waals surface area contributed by atoms with E-state index < -0.39 is 5.97 Å². The van der Waals surface area contributed by atoms with Gasteiger partial charge in [-0.3, -0.25) is 9.78 Å². The summed E-state index contributed by atoms with van der Waals surface area (Å²) in [5.41, 5.74) is 0.687. The van der Waals surface area contributed by atoms with Crippen molar-refractivity contribution in [1.82, 2.24) is 4.98 Å². The van der Waals surface area contributed by atoms with Gasteiger partial charge in [-0.25, -0.2) is 0 Å². The van der Waals surface area contributed by atoms with E-state index in [-0.39, 0.29) is 6.42 Å². The molecule has 1 aromatic rings. The maximum atomic E-state index is 10.3. The Kier molecular flexibility index (Phi) is 3.25. The molecular weight excluding hydrogens is 170 g/mol. The Labute approximate surface area is 76.2 Å². The molecule has 0 fully saturated rings. The number of carboxylic acid groups (broad SMARTS) is 1. The average Bonchev–Trinajstić information content (AvgIpc) is 2.15. The number of methoxy groups -OCH3 is 1. The molecule has 13 heavy (non-hydrogen) atoms. The van der Waals surface area contributed by atoms with Gasteiger partial charge >= 0.3 is 5.97 Å². The van der Waals surface area contributed by atoms with E-state index in [0.29, 0.717) is 17.9 Å². The second kappa shape index (κ2) is 4.45. The van der Waals surface area contributed by atoms with Gasteiger partial charge in [-0.05, 0) is 12.1 Å². The molecule has 0 radical (unpaired) electrons. The van der Waals surface area contributed by atoms with E-state index in [1.54, 1.807) is 25.4 Å². The Balaban J connectivity index is 2.69. The molecule has 1 heterocycles. The Bertz CT molecular complexity index is 299. The topological polar surface area (TPSA) is 59.4 Å². The predicted molar refractivity (Wildman–Crippen MR) is 46.7 cm³/mol. The lowest BCUT2D eigenvalue weighted by Gasteiger charge is -2.04. The molecule has 1 aromatic heterocycles. The molecule has 1 N–H and O–H groups in total. The summed E-state index contributed by atoms with van der Waals surface area (Å²) in [4.78, 5) is 14.3. The molecule has 1 rings (SSSR count). The van der Waals surface area contributed by atoms with Crippen LogP contribution >= 0.6 is 0 Å². The molecule has 70 valence electrons. The van der Waals surface area contributed by atoms with Gasteiger partial charge in [-0.15, -0.1) is 0 Å².